The summed E-state index contributed by atoms with van der Waals surface area (Å²) in [6.07, 6.45) is 3.95. The molecular formula is C27H30ClN7O3. The van der Waals surface area contributed by atoms with Crippen LogP contribution in [0.15, 0.2) is 60.7 Å². The van der Waals surface area contributed by atoms with Crippen molar-refractivity contribution in [2.45, 2.75) is 6.92 Å². The van der Waals surface area contributed by atoms with Crippen LogP contribution in [0, 0.1) is 10.1 Å². The normalized spacial score (nSPS) is 14.0. The Morgan fingerprint density at radius 3 is 2.55 bits per heavy atom. The van der Waals surface area contributed by atoms with E-state index in [1.807, 2.05) is 48.6 Å². The molecule has 4 rings (SSSR count). The van der Waals surface area contributed by atoms with Crippen molar-refractivity contribution in [2.75, 3.05) is 56.0 Å². The van der Waals surface area contributed by atoms with Gasteiger partial charge in [0.15, 0.2) is 5.82 Å². The standard InChI is InChI=1S/C27H30ClN7O3/c1-20(36)29-11-12-30-25-19-26(32-27(31-25)22-7-9-23(28)10-8-22)34-16-14-33(15-17-34)13-3-5-21-4-2-6-24(18-21)35(37)38/h2-10,18-19H,11-17H2,1H3,(H,29,36)(H,30,31,32)/b5-3+. The lowest BCUT2D eigenvalue weighted by atomic mass is 10.2. The van der Waals surface area contributed by atoms with Crippen LogP contribution in [0.1, 0.15) is 12.5 Å². The number of nitro benzene ring substituents is 1. The quantitative estimate of drug-likeness (QED) is 0.226. The number of anilines is 2. The predicted molar refractivity (Wildman–Crippen MR) is 150 cm³/mol. The van der Waals surface area contributed by atoms with E-state index in [2.05, 4.69) is 25.4 Å². The SMILES string of the molecule is CC(=O)NCCNc1cc(N2CCN(C/C=C/c3cccc([N+](=O)[O-])c3)CC2)nc(-c2ccc(Cl)cc2)n1. The Morgan fingerprint density at radius 1 is 1.08 bits per heavy atom. The maximum Gasteiger partial charge on any atom is 0.270 e. The highest BCUT2D eigenvalue weighted by Crippen LogP contribution is 2.25. The molecule has 0 saturated carbocycles. The van der Waals surface area contributed by atoms with Gasteiger partial charge in [-0.15, -0.1) is 0 Å². The monoisotopic (exact) mass is 535 g/mol. The molecule has 2 aromatic carbocycles. The molecule has 198 valence electrons. The number of nitrogens with one attached hydrogen (secondary N) is 2. The summed E-state index contributed by atoms with van der Waals surface area (Å²) in [5, 5.41) is 17.7. The van der Waals surface area contributed by atoms with Gasteiger partial charge in [-0.05, 0) is 29.8 Å². The van der Waals surface area contributed by atoms with Gasteiger partial charge in [0.2, 0.25) is 5.91 Å². The molecule has 38 heavy (non-hydrogen) atoms. The smallest absolute Gasteiger partial charge is 0.270 e. The first-order valence-corrected chi connectivity index (χ1v) is 12.8. The van der Waals surface area contributed by atoms with Gasteiger partial charge in [-0.25, -0.2) is 9.97 Å². The highest BCUT2D eigenvalue weighted by Gasteiger charge is 2.19. The van der Waals surface area contributed by atoms with Crippen LogP contribution in [-0.4, -0.2) is 71.5 Å². The Morgan fingerprint density at radius 2 is 1.84 bits per heavy atom. The molecule has 1 aliphatic rings. The molecule has 1 fully saturated rings. The number of benzene rings is 2. The van der Waals surface area contributed by atoms with Crippen LogP contribution >= 0.6 is 11.6 Å². The fourth-order valence-electron chi connectivity index (χ4n) is 4.08. The van der Waals surface area contributed by atoms with Crippen molar-refractivity contribution in [1.82, 2.24) is 20.2 Å². The van der Waals surface area contributed by atoms with E-state index in [4.69, 9.17) is 16.6 Å². The van der Waals surface area contributed by atoms with Gasteiger partial charge in [-0.3, -0.25) is 19.8 Å². The van der Waals surface area contributed by atoms with Gasteiger partial charge in [-0.1, -0.05) is 35.9 Å². The van der Waals surface area contributed by atoms with Gasteiger partial charge in [0.25, 0.3) is 5.69 Å². The maximum absolute atomic E-state index is 11.2. The number of halogens is 1. The van der Waals surface area contributed by atoms with E-state index in [9.17, 15) is 14.9 Å². The van der Waals surface area contributed by atoms with Gasteiger partial charge in [-0.2, -0.15) is 0 Å². The van der Waals surface area contributed by atoms with Gasteiger partial charge in [0, 0.05) is 81.5 Å². The van der Waals surface area contributed by atoms with Crippen molar-refractivity contribution in [3.63, 3.8) is 0 Å². The van der Waals surface area contributed by atoms with Gasteiger partial charge >= 0.3 is 0 Å². The average Bonchev–Trinajstić information content (AvgIpc) is 2.92. The molecule has 1 saturated heterocycles. The van der Waals surface area contributed by atoms with Crippen LogP contribution in [0.5, 0.6) is 0 Å². The molecule has 11 heteroatoms. The minimum atomic E-state index is -0.383. The molecule has 0 spiro atoms. The number of non-ortho nitro benzene ring substituents is 1. The van der Waals surface area contributed by atoms with E-state index >= 15 is 0 Å². The molecule has 1 amide bonds. The number of nitrogens with zero attached hydrogens (tertiary/aromatic N) is 5. The number of amides is 1. The van der Waals surface area contributed by atoms with E-state index < -0.39 is 0 Å². The summed E-state index contributed by atoms with van der Waals surface area (Å²) in [5.74, 6) is 2.05. The zero-order valence-electron chi connectivity index (χ0n) is 21.1. The number of hydrogen-bond donors (Lipinski definition) is 2. The average molecular weight is 536 g/mol. The van der Waals surface area contributed by atoms with E-state index in [1.165, 1.54) is 13.0 Å². The van der Waals surface area contributed by atoms with Crippen LogP contribution < -0.4 is 15.5 Å². The van der Waals surface area contributed by atoms with Crippen LogP contribution in [0.4, 0.5) is 17.3 Å². The van der Waals surface area contributed by atoms with Gasteiger partial charge in [0.05, 0.1) is 4.92 Å². The van der Waals surface area contributed by atoms with Crippen molar-refractivity contribution in [1.29, 1.82) is 0 Å². The highest BCUT2D eigenvalue weighted by atomic mass is 35.5. The summed E-state index contributed by atoms with van der Waals surface area (Å²) in [4.78, 5) is 35.9. The van der Waals surface area contributed by atoms with E-state index in [0.717, 1.165) is 49.7 Å². The molecular weight excluding hydrogens is 506 g/mol. The summed E-state index contributed by atoms with van der Waals surface area (Å²) in [6.45, 7) is 6.58. The number of aromatic nitrogens is 2. The Balaban J connectivity index is 1.40. The van der Waals surface area contributed by atoms with Crippen molar-refractivity contribution < 1.29 is 9.72 Å². The summed E-state index contributed by atoms with van der Waals surface area (Å²) >= 11 is 6.07. The lowest BCUT2D eigenvalue weighted by Crippen LogP contribution is -2.46. The largest absolute Gasteiger partial charge is 0.368 e. The third-order valence-corrected chi connectivity index (χ3v) is 6.32. The van der Waals surface area contributed by atoms with E-state index in [-0.39, 0.29) is 16.5 Å². The third kappa shape index (κ3) is 7.74. The number of rotatable bonds is 10. The van der Waals surface area contributed by atoms with Crippen LogP contribution in [0.25, 0.3) is 17.5 Å². The molecule has 0 bridgehead atoms. The fraction of sp³-hybridized carbons (Fsp3) is 0.296. The van der Waals surface area contributed by atoms with Gasteiger partial charge in [0.1, 0.15) is 11.6 Å². The van der Waals surface area contributed by atoms with Crippen molar-refractivity contribution in [3.8, 4) is 11.4 Å². The third-order valence-electron chi connectivity index (χ3n) is 6.07. The zero-order chi connectivity index (χ0) is 26.9. The Bertz CT molecular complexity index is 1290. The van der Waals surface area contributed by atoms with Crippen LogP contribution in [-0.2, 0) is 4.79 Å². The van der Waals surface area contributed by atoms with Gasteiger partial charge < -0.3 is 15.5 Å². The second-order valence-corrected chi connectivity index (χ2v) is 9.33. The molecule has 0 atom stereocenters. The lowest BCUT2D eigenvalue weighted by Gasteiger charge is -2.35. The van der Waals surface area contributed by atoms with E-state index in [1.54, 1.807) is 12.1 Å². The minimum absolute atomic E-state index is 0.0742. The lowest BCUT2D eigenvalue weighted by molar-refractivity contribution is -0.384. The number of nitro groups is 1. The highest BCUT2D eigenvalue weighted by molar-refractivity contribution is 6.30. The summed E-state index contributed by atoms with van der Waals surface area (Å²) < 4.78 is 0. The topological polar surface area (TPSA) is 117 Å². The number of hydrogen-bond acceptors (Lipinski definition) is 8. The molecule has 2 N–H and O–H groups in total. The summed E-state index contributed by atoms with van der Waals surface area (Å²) in [6, 6.07) is 16.0. The first kappa shape index (κ1) is 27.0. The fourth-order valence-corrected chi connectivity index (χ4v) is 4.21. The molecule has 0 radical (unpaired) electrons. The number of carbonyl (C=O) groups excluding carboxylic acids is 1. The van der Waals surface area contributed by atoms with Crippen molar-refractivity contribution >= 4 is 40.9 Å². The molecule has 10 nitrogen and oxygen atoms in total. The van der Waals surface area contributed by atoms with Crippen molar-refractivity contribution in [2.24, 2.45) is 0 Å². The summed E-state index contributed by atoms with van der Waals surface area (Å²) in [5.41, 5.74) is 1.77. The zero-order valence-corrected chi connectivity index (χ0v) is 21.9. The first-order valence-electron chi connectivity index (χ1n) is 12.4. The molecule has 0 unspecified atom stereocenters. The first-order chi connectivity index (χ1) is 18.4. The predicted octanol–water partition coefficient (Wildman–Crippen LogP) is 4.09. The molecule has 0 aliphatic carbocycles. The second-order valence-electron chi connectivity index (χ2n) is 8.89. The number of piperazine rings is 1. The molecule has 2 heterocycles. The minimum Gasteiger partial charge on any atom is -0.368 e. The molecule has 1 aliphatic heterocycles. The summed E-state index contributed by atoms with van der Waals surface area (Å²) in [7, 11) is 0. The Hall–Kier alpha value is -4.02. The Labute approximate surface area is 226 Å². The Kier molecular flexibility index (Phi) is 9.23. The van der Waals surface area contributed by atoms with Crippen molar-refractivity contribution in [3.05, 3.63) is 81.4 Å². The van der Waals surface area contributed by atoms with Crippen LogP contribution in [0.3, 0.4) is 0 Å². The van der Waals surface area contributed by atoms with E-state index in [0.29, 0.717) is 29.8 Å². The number of carbonyl (C=O) groups is 1. The molecule has 1 aromatic heterocycles. The van der Waals surface area contributed by atoms with Crippen LogP contribution in [0.2, 0.25) is 5.02 Å². The molecule has 3 aromatic rings. The second kappa shape index (κ2) is 13.0. The maximum atomic E-state index is 11.2.